The first-order chi connectivity index (χ1) is 32.3. The van der Waals surface area contributed by atoms with Crippen LogP contribution in [0.3, 0.4) is 0 Å². The van der Waals surface area contributed by atoms with E-state index < -0.39 is 7.12 Å². The zero-order chi connectivity index (χ0) is 45.7. The highest BCUT2D eigenvalue weighted by Crippen LogP contribution is 2.63. The van der Waals surface area contributed by atoms with Crippen molar-refractivity contribution in [3.8, 4) is 22.3 Å². The summed E-state index contributed by atoms with van der Waals surface area (Å²) in [6.45, 7) is 0. The molecule has 12 saturated carbocycles. The standard InChI is InChI=1S/C38H43N.C16H21BO2.C6H5Br2N/c39-36-16-32(30-1-5-34(6-2-30)37-18-24-9-25(19-37)11-26(10-24)20-37)15-33(17-36)31-3-7-35(8-4-31)38-21-27-12-28(22-38)14-29(13-27)23-38;18-17(19)15-3-1-14(2-4-15)16-8-11-5-12(9-16)7-13(6-11)10-16;7-4-1-5(8)3-6(9)2-4/h1-8,15-17,24-29H,9-14,18-23,39H2;1-4,11-13,18-19H,5-10H2;1-3H,9H2. The van der Waals surface area contributed by atoms with Crippen molar-refractivity contribution in [1.29, 1.82) is 0 Å². The molecule has 67 heavy (non-hydrogen) atoms. The van der Waals surface area contributed by atoms with Crippen molar-refractivity contribution < 1.29 is 10.0 Å². The number of benzene rings is 5. The van der Waals surface area contributed by atoms with Crippen LogP contribution in [0, 0.1) is 53.3 Å². The SMILES string of the molecule is Nc1cc(-c2ccc(C34CC5CC(CC(C5)C3)C4)cc2)cc(-c2ccc(C34CC5CC(CC(C5)C3)C4)cc2)c1.Nc1cc(Br)cc(Br)c1.OB(O)c1ccc(C23CC4CC(CC(C4)C2)C3)cc1. The van der Waals surface area contributed by atoms with Crippen LogP contribution in [0.1, 0.15) is 132 Å². The fourth-order valence-corrected chi connectivity index (χ4v) is 19.3. The van der Waals surface area contributed by atoms with Gasteiger partial charge in [0, 0.05) is 20.3 Å². The van der Waals surface area contributed by atoms with E-state index in [0.717, 1.165) is 73.6 Å². The van der Waals surface area contributed by atoms with E-state index in [1.807, 2.05) is 30.3 Å². The number of nitrogens with two attached hydrogens (primary N) is 2. The Kier molecular flexibility index (Phi) is 11.7. The van der Waals surface area contributed by atoms with E-state index in [0.29, 0.717) is 21.7 Å². The molecule has 0 amide bonds. The van der Waals surface area contributed by atoms with Crippen LogP contribution in [0.15, 0.2) is 118 Å². The zero-order valence-corrected chi connectivity index (χ0v) is 42.4. The highest BCUT2D eigenvalue weighted by Gasteiger charge is 2.54. The molecule has 6 N–H and O–H groups in total. The predicted molar refractivity (Wildman–Crippen MR) is 284 cm³/mol. The molecular weight excluding hydrogens is 951 g/mol. The van der Waals surface area contributed by atoms with Crippen molar-refractivity contribution in [1.82, 2.24) is 0 Å². The highest BCUT2D eigenvalue weighted by molar-refractivity contribution is 9.11. The molecule has 7 heteroatoms. The van der Waals surface area contributed by atoms with E-state index in [9.17, 15) is 10.0 Å². The second kappa shape index (κ2) is 17.5. The Hall–Kier alpha value is -3.36. The van der Waals surface area contributed by atoms with Crippen LogP contribution in [0.4, 0.5) is 11.4 Å². The topological polar surface area (TPSA) is 92.5 Å². The lowest BCUT2D eigenvalue weighted by Crippen LogP contribution is -2.48. The lowest BCUT2D eigenvalue weighted by atomic mass is 9.48. The molecule has 0 spiro atoms. The molecule has 348 valence electrons. The fraction of sp³-hybridized carbons (Fsp3) is 0.500. The van der Waals surface area contributed by atoms with Gasteiger partial charge in [0.25, 0.3) is 0 Å². The van der Waals surface area contributed by atoms with E-state index in [1.165, 1.54) is 143 Å². The number of rotatable bonds is 6. The molecule has 0 aliphatic heterocycles. The highest BCUT2D eigenvalue weighted by atomic mass is 79.9. The van der Waals surface area contributed by atoms with Gasteiger partial charge in [0.15, 0.2) is 0 Å². The van der Waals surface area contributed by atoms with Crippen LogP contribution in [0.25, 0.3) is 22.3 Å². The van der Waals surface area contributed by atoms with Crippen molar-refractivity contribution >= 4 is 55.8 Å². The van der Waals surface area contributed by atoms with E-state index in [2.05, 4.69) is 111 Å². The molecule has 4 nitrogen and oxygen atoms in total. The average Bonchev–Trinajstić information content (AvgIpc) is 3.28. The molecule has 12 fully saturated rings. The first-order valence-corrected chi connectivity index (χ1v) is 27.7. The first-order valence-electron chi connectivity index (χ1n) is 26.1. The number of halogens is 2. The molecule has 12 aliphatic rings. The molecule has 0 unspecified atom stereocenters. The summed E-state index contributed by atoms with van der Waals surface area (Å²) in [5.74, 6) is 8.79. The summed E-state index contributed by atoms with van der Waals surface area (Å²) < 4.78 is 1.99. The molecular formula is C60H69BBr2N2O2. The van der Waals surface area contributed by atoms with Crippen molar-refractivity contribution in [3.05, 3.63) is 135 Å². The molecule has 17 rings (SSSR count). The molecule has 0 aromatic heterocycles. The summed E-state index contributed by atoms with van der Waals surface area (Å²) in [4.78, 5) is 0. The Balaban J connectivity index is 0.000000138. The van der Waals surface area contributed by atoms with Crippen LogP contribution in [0.2, 0.25) is 0 Å². The Morgan fingerprint density at radius 2 is 0.627 bits per heavy atom. The van der Waals surface area contributed by atoms with Crippen molar-refractivity contribution in [2.24, 2.45) is 53.3 Å². The average molecular weight is 1020 g/mol. The molecule has 0 heterocycles. The van der Waals surface area contributed by atoms with E-state index in [-0.39, 0.29) is 0 Å². The lowest BCUT2D eigenvalue weighted by Gasteiger charge is -2.57. The second-order valence-electron chi connectivity index (χ2n) is 24.3. The third-order valence-electron chi connectivity index (χ3n) is 19.4. The van der Waals surface area contributed by atoms with Gasteiger partial charge in [0.1, 0.15) is 0 Å². The summed E-state index contributed by atoms with van der Waals surface area (Å²) in [7, 11) is -1.34. The summed E-state index contributed by atoms with van der Waals surface area (Å²) in [5, 5.41) is 18.4. The number of hydrogen-bond acceptors (Lipinski definition) is 4. The van der Waals surface area contributed by atoms with Crippen molar-refractivity contribution in [3.63, 3.8) is 0 Å². The predicted octanol–water partition coefficient (Wildman–Crippen LogP) is 14.2. The Bertz CT molecular complexity index is 2340. The van der Waals surface area contributed by atoms with Gasteiger partial charge in [-0.25, -0.2) is 0 Å². The van der Waals surface area contributed by atoms with Gasteiger partial charge in [-0.2, -0.15) is 0 Å². The lowest BCUT2D eigenvalue weighted by molar-refractivity contribution is -0.00530. The monoisotopic (exact) mass is 1020 g/mol. The van der Waals surface area contributed by atoms with Gasteiger partial charge in [0.2, 0.25) is 0 Å². The van der Waals surface area contributed by atoms with Crippen LogP contribution in [0.5, 0.6) is 0 Å². The van der Waals surface area contributed by atoms with Crippen molar-refractivity contribution in [2.75, 3.05) is 11.5 Å². The molecule has 12 aliphatic carbocycles. The van der Waals surface area contributed by atoms with Crippen molar-refractivity contribution in [2.45, 2.75) is 132 Å². The van der Waals surface area contributed by atoms with E-state index in [4.69, 9.17) is 11.5 Å². The number of anilines is 2. The second-order valence-corrected chi connectivity index (χ2v) is 26.1. The van der Waals surface area contributed by atoms with E-state index >= 15 is 0 Å². The molecule has 5 aromatic rings. The maximum absolute atomic E-state index is 9.20. The van der Waals surface area contributed by atoms with Gasteiger partial charge in [0.05, 0.1) is 0 Å². The van der Waals surface area contributed by atoms with Gasteiger partial charge in [-0.3, -0.25) is 0 Å². The van der Waals surface area contributed by atoms with Crippen LogP contribution < -0.4 is 16.9 Å². The third-order valence-corrected chi connectivity index (χ3v) is 20.4. The van der Waals surface area contributed by atoms with Gasteiger partial charge < -0.3 is 21.5 Å². The van der Waals surface area contributed by atoms with Crippen LogP contribution >= 0.6 is 31.9 Å². The van der Waals surface area contributed by atoms with Gasteiger partial charge in [-0.05, 0) is 266 Å². The Morgan fingerprint density at radius 1 is 0.358 bits per heavy atom. The van der Waals surface area contributed by atoms with E-state index in [1.54, 1.807) is 11.1 Å². The summed E-state index contributed by atoms with van der Waals surface area (Å²) >= 11 is 6.61. The largest absolute Gasteiger partial charge is 0.488 e. The fourth-order valence-electron chi connectivity index (χ4n) is 18.0. The van der Waals surface area contributed by atoms with Gasteiger partial charge >= 0.3 is 7.12 Å². The summed E-state index contributed by atoms with van der Waals surface area (Å²) in [6.07, 6.45) is 26.1. The minimum absolute atomic E-state index is 0.410. The smallest absolute Gasteiger partial charge is 0.423 e. The normalized spacial score (nSPS) is 35.4. The Morgan fingerprint density at radius 3 is 0.896 bits per heavy atom. The molecule has 0 atom stereocenters. The summed E-state index contributed by atoms with van der Waals surface area (Å²) in [5.41, 5.74) is 25.3. The Labute approximate surface area is 416 Å². The maximum Gasteiger partial charge on any atom is 0.488 e. The molecule has 12 bridgehead atoms. The van der Waals surface area contributed by atoms with Crippen LogP contribution in [-0.2, 0) is 16.2 Å². The third kappa shape index (κ3) is 8.82. The minimum atomic E-state index is -1.34. The first kappa shape index (κ1) is 44.8. The summed E-state index contributed by atoms with van der Waals surface area (Å²) in [6, 6.07) is 39.7. The van der Waals surface area contributed by atoms with Gasteiger partial charge in [-0.1, -0.05) is 105 Å². The molecule has 0 saturated heterocycles. The number of nitrogen functional groups attached to an aromatic ring is 2. The minimum Gasteiger partial charge on any atom is -0.423 e. The zero-order valence-electron chi connectivity index (χ0n) is 39.2. The quantitative estimate of drug-likeness (QED) is 0.101. The number of hydrogen-bond donors (Lipinski definition) is 4. The van der Waals surface area contributed by atoms with Crippen LogP contribution in [-0.4, -0.2) is 17.2 Å². The maximum atomic E-state index is 9.20. The van der Waals surface area contributed by atoms with Gasteiger partial charge in [-0.15, -0.1) is 0 Å². The molecule has 0 radical (unpaired) electrons. The molecule has 5 aromatic carbocycles.